The van der Waals surface area contributed by atoms with E-state index < -0.39 is 6.86 Å². The quantitative estimate of drug-likeness (QED) is 0.704. The molecule has 6 nitrogen and oxygen atoms in total. The van der Waals surface area contributed by atoms with E-state index in [0.717, 1.165) is 24.2 Å². The van der Waals surface area contributed by atoms with Gasteiger partial charge in [-0.1, -0.05) is 18.7 Å². The zero-order valence-corrected chi connectivity index (χ0v) is 15.8. The summed E-state index contributed by atoms with van der Waals surface area (Å²) in [5.74, 6) is 0.779. The number of ether oxygens (including phenoxy) is 2. The van der Waals surface area contributed by atoms with Crippen molar-refractivity contribution in [2.24, 2.45) is 5.10 Å². The number of carbonyl (C=O) groups is 1. The van der Waals surface area contributed by atoms with Crippen LogP contribution in [0, 0.1) is 0 Å². The summed E-state index contributed by atoms with van der Waals surface area (Å²) in [5, 5.41) is 6.03. The first kappa shape index (κ1) is 19.5. The molecule has 138 valence electrons. The second kappa shape index (κ2) is 9.05. The van der Waals surface area contributed by atoms with Crippen molar-refractivity contribution in [3.8, 4) is 11.5 Å². The molecule has 25 heavy (non-hydrogen) atoms. The molecule has 1 aromatic rings. The molecule has 1 heterocycles. The fourth-order valence-electron chi connectivity index (χ4n) is 2.43. The number of amides is 1. The summed E-state index contributed by atoms with van der Waals surface area (Å²) in [5.41, 5.74) is 1.65. The fourth-order valence-corrected chi connectivity index (χ4v) is 3.39. The van der Waals surface area contributed by atoms with Crippen molar-refractivity contribution < 1.29 is 18.7 Å². The molecular formula is C17H24FN3O3S. The lowest BCUT2D eigenvalue weighted by molar-refractivity contribution is 0.184. The summed E-state index contributed by atoms with van der Waals surface area (Å²) in [4.78, 5) is 14.3. The molecule has 0 radical (unpaired) electrons. The van der Waals surface area contributed by atoms with Gasteiger partial charge in [-0.15, -0.1) is 0 Å². The number of rotatable bonds is 8. The SMILES string of the molecule is CCC1SC(=O)N(CCN(C)C)N=C1c1ccc(OCF)c(OC)c1. The van der Waals surface area contributed by atoms with Crippen molar-refractivity contribution in [2.45, 2.75) is 18.6 Å². The van der Waals surface area contributed by atoms with E-state index in [4.69, 9.17) is 9.47 Å². The van der Waals surface area contributed by atoms with Crippen LogP contribution in [0.2, 0.25) is 0 Å². The molecule has 0 aliphatic carbocycles. The molecule has 1 amide bonds. The molecule has 1 aliphatic heterocycles. The van der Waals surface area contributed by atoms with Gasteiger partial charge in [0, 0.05) is 12.1 Å². The summed E-state index contributed by atoms with van der Waals surface area (Å²) in [6.07, 6.45) is 0.780. The number of alkyl halides is 1. The lowest BCUT2D eigenvalue weighted by Gasteiger charge is -2.29. The minimum atomic E-state index is -0.920. The van der Waals surface area contributed by atoms with Crippen LogP contribution in [0.4, 0.5) is 9.18 Å². The average molecular weight is 369 g/mol. The predicted octanol–water partition coefficient (Wildman–Crippen LogP) is 3.21. The van der Waals surface area contributed by atoms with Crippen LogP contribution in [0.3, 0.4) is 0 Å². The average Bonchev–Trinajstić information content (AvgIpc) is 2.60. The minimum Gasteiger partial charge on any atom is -0.493 e. The third-order valence-electron chi connectivity index (χ3n) is 3.79. The molecule has 0 bridgehead atoms. The predicted molar refractivity (Wildman–Crippen MR) is 98.5 cm³/mol. The number of carbonyl (C=O) groups excluding carboxylic acids is 1. The lowest BCUT2D eigenvalue weighted by Crippen LogP contribution is -2.38. The lowest BCUT2D eigenvalue weighted by atomic mass is 10.0. The molecule has 0 fully saturated rings. The largest absolute Gasteiger partial charge is 0.493 e. The van der Waals surface area contributed by atoms with Crippen molar-refractivity contribution >= 4 is 22.7 Å². The van der Waals surface area contributed by atoms with Crippen LogP contribution in [0.25, 0.3) is 0 Å². The van der Waals surface area contributed by atoms with Gasteiger partial charge in [0.25, 0.3) is 0 Å². The first-order chi connectivity index (χ1) is 12.0. The van der Waals surface area contributed by atoms with Crippen molar-refractivity contribution in [1.82, 2.24) is 9.91 Å². The van der Waals surface area contributed by atoms with E-state index in [0.29, 0.717) is 18.0 Å². The van der Waals surface area contributed by atoms with Gasteiger partial charge >= 0.3 is 5.24 Å². The zero-order valence-electron chi connectivity index (χ0n) is 15.0. The third kappa shape index (κ3) is 4.85. The van der Waals surface area contributed by atoms with E-state index in [2.05, 4.69) is 5.10 Å². The maximum absolute atomic E-state index is 12.5. The standard InChI is InChI=1S/C17H24FN3O3S/c1-5-15-16(19-21(17(22)25-15)9-8-20(2)3)12-6-7-13(24-11-18)14(10-12)23-4/h6-7,10,15H,5,8-9,11H2,1-4H3. The van der Waals surface area contributed by atoms with Crippen LogP contribution in [-0.2, 0) is 0 Å². The highest BCUT2D eigenvalue weighted by Gasteiger charge is 2.30. The second-order valence-electron chi connectivity index (χ2n) is 5.81. The summed E-state index contributed by atoms with van der Waals surface area (Å²) in [6.45, 7) is 2.36. The monoisotopic (exact) mass is 369 g/mol. The van der Waals surface area contributed by atoms with Crippen LogP contribution >= 0.6 is 11.8 Å². The van der Waals surface area contributed by atoms with E-state index in [-0.39, 0.29) is 10.5 Å². The number of halogens is 1. The fraction of sp³-hybridized carbons (Fsp3) is 0.529. The van der Waals surface area contributed by atoms with E-state index in [1.165, 1.54) is 23.9 Å². The number of methoxy groups -OCH3 is 1. The Kier molecular flexibility index (Phi) is 7.07. The Balaban J connectivity index is 2.35. The number of likely N-dealkylation sites (N-methyl/N-ethyl adjacent to an activating group) is 1. The number of hydrazone groups is 1. The Labute approximate surface area is 152 Å². The van der Waals surface area contributed by atoms with Gasteiger partial charge in [-0.3, -0.25) is 4.79 Å². The highest BCUT2D eigenvalue weighted by molar-refractivity contribution is 8.14. The number of hydrogen-bond acceptors (Lipinski definition) is 6. The van der Waals surface area contributed by atoms with Crippen molar-refractivity contribution in [2.75, 3.05) is 41.2 Å². The van der Waals surface area contributed by atoms with Crippen LogP contribution in [-0.4, -0.2) is 67.3 Å². The maximum Gasteiger partial charge on any atom is 0.302 e. The van der Waals surface area contributed by atoms with Gasteiger partial charge in [0.2, 0.25) is 6.86 Å². The number of thioether (sulfide) groups is 1. The normalized spacial score (nSPS) is 17.7. The zero-order chi connectivity index (χ0) is 18.4. The van der Waals surface area contributed by atoms with Gasteiger partial charge in [0.05, 0.1) is 24.6 Å². The topological polar surface area (TPSA) is 54.4 Å². The van der Waals surface area contributed by atoms with Crippen molar-refractivity contribution in [1.29, 1.82) is 0 Å². The van der Waals surface area contributed by atoms with Crippen LogP contribution < -0.4 is 9.47 Å². The van der Waals surface area contributed by atoms with Crippen LogP contribution in [0.5, 0.6) is 11.5 Å². The van der Waals surface area contributed by atoms with Gasteiger partial charge in [0.15, 0.2) is 11.5 Å². The summed E-state index contributed by atoms with van der Waals surface area (Å²) in [6, 6.07) is 5.25. The molecule has 2 rings (SSSR count). The number of nitrogens with zero attached hydrogens (tertiary/aromatic N) is 3. The van der Waals surface area contributed by atoms with Crippen LogP contribution in [0.1, 0.15) is 18.9 Å². The molecule has 0 spiro atoms. The molecule has 0 N–H and O–H groups in total. The van der Waals surface area contributed by atoms with E-state index in [9.17, 15) is 9.18 Å². The number of benzene rings is 1. The van der Waals surface area contributed by atoms with Gasteiger partial charge < -0.3 is 14.4 Å². The first-order valence-electron chi connectivity index (χ1n) is 8.08. The summed E-state index contributed by atoms with van der Waals surface area (Å²) < 4.78 is 22.7. The molecule has 1 atom stereocenters. The Morgan fingerprint density at radius 2 is 2.12 bits per heavy atom. The van der Waals surface area contributed by atoms with E-state index >= 15 is 0 Å². The first-order valence-corrected chi connectivity index (χ1v) is 8.96. The maximum atomic E-state index is 12.5. The minimum absolute atomic E-state index is 0.0271. The van der Waals surface area contributed by atoms with E-state index in [1.54, 1.807) is 12.1 Å². The highest BCUT2D eigenvalue weighted by Crippen LogP contribution is 2.33. The summed E-state index contributed by atoms with van der Waals surface area (Å²) in [7, 11) is 5.41. The third-order valence-corrected chi connectivity index (χ3v) is 5.04. The second-order valence-corrected chi connectivity index (χ2v) is 6.97. The highest BCUT2D eigenvalue weighted by atomic mass is 32.2. The molecular weight excluding hydrogens is 345 g/mol. The van der Waals surface area contributed by atoms with Gasteiger partial charge in [-0.05, 0) is 38.7 Å². The Hall–Kier alpha value is -1.80. The van der Waals surface area contributed by atoms with Gasteiger partial charge in [0.1, 0.15) is 0 Å². The smallest absolute Gasteiger partial charge is 0.302 e. The molecule has 1 unspecified atom stereocenters. The summed E-state index contributed by atoms with van der Waals surface area (Å²) >= 11 is 1.28. The van der Waals surface area contributed by atoms with Gasteiger partial charge in [-0.25, -0.2) is 9.40 Å². The number of hydrogen-bond donors (Lipinski definition) is 0. The molecule has 0 saturated carbocycles. The molecule has 0 saturated heterocycles. The Morgan fingerprint density at radius 3 is 2.72 bits per heavy atom. The Morgan fingerprint density at radius 1 is 1.36 bits per heavy atom. The molecule has 8 heteroatoms. The Bertz CT molecular complexity index is 640. The van der Waals surface area contributed by atoms with Gasteiger partial charge in [-0.2, -0.15) is 5.10 Å². The molecule has 1 aliphatic rings. The van der Waals surface area contributed by atoms with E-state index in [1.807, 2.05) is 32.0 Å². The molecule has 1 aromatic carbocycles. The van der Waals surface area contributed by atoms with Crippen molar-refractivity contribution in [3.63, 3.8) is 0 Å². The van der Waals surface area contributed by atoms with Crippen molar-refractivity contribution in [3.05, 3.63) is 23.8 Å². The molecule has 0 aromatic heterocycles. The van der Waals surface area contributed by atoms with Crippen LogP contribution in [0.15, 0.2) is 23.3 Å².